The number of rotatable bonds is 4. The van der Waals surface area contributed by atoms with E-state index in [9.17, 15) is 0 Å². The van der Waals surface area contributed by atoms with Crippen LogP contribution in [0.2, 0.25) is 0 Å². The maximum Gasteiger partial charge on any atom is 0.205 e. The van der Waals surface area contributed by atoms with Gasteiger partial charge in [0.25, 0.3) is 0 Å². The molecule has 23 heavy (non-hydrogen) atoms. The van der Waals surface area contributed by atoms with Gasteiger partial charge < -0.3 is 4.90 Å². The molecular weight excluding hydrogens is 308 g/mol. The van der Waals surface area contributed by atoms with E-state index in [0.29, 0.717) is 5.92 Å². The van der Waals surface area contributed by atoms with Crippen molar-refractivity contribution in [2.24, 2.45) is 5.92 Å². The molecule has 4 rings (SSSR count). The second kappa shape index (κ2) is 6.45. The average Bonchev–Trinajstić information content (AvgIpc) is 3.28. The van der Waals surface area contributed by atoms with Crippen molar-refractivity contribution in [2.45, 2.75) is 19.4 Å². The molecule has 3 heterocycles. The van der Waals surface area contributed by atoms with Crippen molar-refractivity contribution in [1.29, 1.82) is 0 Å². The molecule has 0 saturated carbocycles. The molecule has 0 bridgehead atoms. The molecule has 0 N–H and O–H groups in total. The molecule has 0 aliphatic carbocycles. The summed E-state index contributed by atoms with van der Waals surface area (Å²) in [6.07, 6.45) is 5.79. The lowest BCUT2D eigenvalue weighted by atomic mass is 9.98. The van der Waals surface area contributed by atoms with Crippen LogP contribution in [0.4, 0.5) is 5.13 Å². The predicted molar refractivity (Wildman–Crippen MR) is 90.3 cm³/mol. The molecule has 1 atom stereocenters. The number of benzene rings is 1. The maximum atomic E-state index is 4.73. The van der Waals surface area contributed by atoms with Crippen molar-refractivity contribution in [1.82, 2.24) is 24.1 Å². The summed E-state index contributed by atoms with van der Waals surface area (Å²) in [5.74, 6) is 1.40. The van der Waals surface area contributed by atoms with Gasteiger partial charge in [0, 0.05) is 36.7 Å². The summed E-state index contributed by atoms with van der Waals surface area (Å²) >= 11 is 1.49. The average molecular weight is 326 g/mol. The maximum absolute atomic E-state index is 4.73. The first-order valence-corrected chi connectivity index (χ1v) is 8.62. The van der Waals surface area contributed by atoms with Gasteiger partial charge >= 0.3 is 0 Å². The number of aromatic nitrogens is 5. The number of hydrogen-bond donors (Lipinski definition) is 0. The van der Waals surface area contributed by atoms with Gasteiger partial charge in [-0.05, 0) is 18.8 Å². The Morgan fingerprint density at radius 3 is 2.96 bits per heavy atom. The third-order valence-electron chi connectivity index (χ3n) is 4.15. The fourth-order valence-corrected chi connectivity index (χ4v) is 3.75. The van der Waals surface area contributed by atoms with Crippen LogP contribution in [0.3, 0.4) is 0 Å². The van der Waals surface area contributed by atoms with Gasteiger partial charge in [-0.2, -0.15) is 14.5 Å². The Morgan fingerprint density at radius 1 is 1.22 bits per heavy atom. The summed E-state index contributed by atoms with van der Waals surface area (Å²) in [6, 6.07) is 10.2. The molecule has 3 aromatic rings. The second-order valence-electron chi connectivity index (χ2n) is 5.84. The lowest BCUT2D eigenvalue weighted by Crippen LogP contribution is -2.37. The highest BCUT2D eigenvalue weighted by Gasteiger charge is 2.23. The Balaban J connectivity index is 1.46. The van der Waals surface area contributed by atoms with E-state index in [1.807, 2.05) is 22.9 Å². The quantitative estimate of drug-likeness (QED) is 0.738. The highest BCUT2D eigenvalue weighted by Crippen LogP contribution is 2.28. The second-order valence-corrected chi connectivity index (χ2v) is 6.57. The Hall–Kier alpha value is -2.28. The molecule has 1 aromatic carbocycles. The van der Waals surface area contributed by atoms with Gasteiger partial charge in [0.15, 0.2) is 5.82 Å². The van der Waals surface area contributed by atoms with Gasteiger partial charge in [0.05, 0.1) is 0 Å². The highest BCUT2D eigenvalue weighted by molar-refractivity contribution is 7.09. The minimum atomic E-state index is 0.578. The van der Waals surface area contributed by atoms with Crippen LogP contribution in [-0.2, 0) is 6.54 Å². The number of nitrogens with zero attached hydrogens (tertiary/aromatic N) is 6. The highest BCUT2D eigenvalue weighted by atomic mass is 32.1. The third kappa shape index (κ3) is 3.24. The Labute approximate surface area is 139 Å². The van der Waals surface area contributed by atoms with E-state index in [2.05, 4.69) is 31.5 Å². The van der Waals surface area contributed by atoms with Crippen molar-refractivity contribution in [2.75, 3.05) is 18.0 Å². The number of piperidine rings is 1. The monoisotopic (exact) mass is 326 g/mol. The first-order chi connectivity index (χ1) is 11.4. The van der Waals surface area contributed by atoms with Crippen molar-refractivity contribution < 1.29 is 0 Å². The van der Waals surface area contributed by atoms with Gasteiger partial charge in [-0.15, -0.1) is 0 Å². The Kier molecular flexibility index (Phi) is 4.02. The first-order valence-electron chi connectivity index (χ1n) is 7.85. The summed E-state index contributed by atoms with van der Waals surface area (Å²) in [6.45, 7) is 2.97. The van der Waals surface area contributed by atoms with E-state index in [0.717, 1.165) is 36.2 Å². The first kappa shape index (κ1) is 14.3. The predicted octanol–water partition coefficient (Wildman–Crippen LogP) is 2.71. The van der Waals surface area contributed by atoms with Crippen LogP contribution in [-0.4, -0.2) is 37.2 Å². The van der Waals surface area contributed by atoms with Gasteiger partial charge in [-0.25, -0.2) is 4.98 Å². The molecule has 1 aliphatic rings. The van der Waals surface area contributed by atoms with Gasteiger partial charge in [-0.1, -0.05) is 30.3 Å². The van der Waals surface area contributed by atoms with E-state index >= 15 is 0 Å². The van der Waals surface area contributed by atoms with Crippen LogP contribution in [0.5, 0.6) is 0 Å². The molecule has 0 amide bonds. The lowest BCUT2D eigenvalue weighted by molar-refractivity contribution is 0.351. The smallest absolute Gasteiger partial charge is 0.205 e. The molecule has 1 fully saturated rings. The molecule has 0 radical (unpaired) electrons. The molecule has 1 unspecified atom stereocenters. The van der Waals surface area contributed by atoms with Crippen LogP contribution >= 0.6 is 11.5 Å². The summed E-state index contributed by atoms with van der Waals surface area (Å²) < 4.78 is 6.44. The molecule has 118 valence electrons. The molecule has 6 nitrogen and oxygen atoms in total. The Morgan fingerprint density at radius 2 is 2.13 bits per heavy atom. The summed E-state index contributed by atoms with van der Waals surface area (Å²) in [7, 11) is 0. The van der Waals surface area contributed by atoms with Crippen molar-refractivity contribution in [3.8, 4) is 11.4 Å². The normalized spacial score (nSPS) is 18.3. The molecule has 2 aromatic heterocycles. The van der Waals surface area contributed by atoms with Crippen LogP contribution < -0.4 is 4.90 Å². The molecule has 1 aliphatic heterocycles. The van der Waals surface area contributed by atoms with Gasteiger partial charge in [-0.3, -0.25) is 4.68 Å². The SMILES string of the molecule is c1ccc(-c2nsc(N3CCCC(Cn4cncn4)C3)n2)cc1. The van der Waals surface area contributed by atoms with E-state index in [-0.39, 0.29) is 0 Å². The number of hydrogen-bond acceptors (Lipinski definition) is 6. The van der Waals surface area contributed by atoms with Gasteiger partial charge in [0.2, 0.25) is 5.13 Å². The number of anilines is 1. The fourth-order valence-electron chi connectivity index (χ4n) is 3.03. The lowest BCUT2D eigenvalue weighted by Gasteiger charge is -2.32. The van der Waals surface area contributed by atoms with Crippen molar-refractivity contribution in [3.63, 3.8) is 0 Å². The summed E-state index contributed by atoms with van der Waals surface area (Å²) in [5.41, 5.74) is 1.08. The molecule has 7 heteroatoms. The minimum Gasteiger partial charge on any atom is -0.347 e. The van der Waals surface area contributed by atoms with E-state index in [1.165, 1.54) is 24.4 Å². The van der Waals surface area contributed by atoms with Crippen LogP contribution in [0, 0.1) is 5.92 Å². The fraction of sp³-hybridized carbons (Fsp3) is 0.375. The van der Waals surface area contributed by atoms with Crippen molar-refractivity contribution in [3.05, 3.63) is 43.0 Å². The van der Waals surface area contributed by atoms with E-state index in [4.69, 9.17) is 4.98 Å². The van der Waals surface area contributed by atoms with E-state index < -0.39 is 0 Å². The molecule has 1 saturated heterocycles. The standard InChI is InChI=1S/C16H18N6S/c1-2-6-14(7-3-1)15-19-16(23-20-15)21-8-4-5-13(9-21)10-22-12-17-11-18-22/h1-3,6-7,11-13H,4-5,8-10H2. The molecule has 0 spiro atoms. The van der Waals surface area contributed by atoms with Crippen LogP contribution in [0.1, 0.15) is 12.8 Å². The topological polar surface area (TPSA) is 59.7 Å². The van der Waals surface area contributed by atoms with Gasteiger partial charge in [0.1, 0.15) is 12.7 Å². The zero-order valence-corrected chi connectivity index (χ0v) is 13.6. The summed E-state index contributed by atoms with van der Waals surface area (Å²) in [5, 5.41) is 5.23. The van der Waals surface area contributed by atoms with E-state index in [1.54, 1.807) is 12.7 Å². The minimum absolute atomic E-state index is 0.578. The zero-order chi connectivity index (χ0) is 15.5. The largest absolute Gasteiger partial charge is 0.347 e. The summed E-state index contributed by atoms with van der Waals surface area (Å²) in [4.78, 5) is 11.1. The van der Waals surface area contributed by atoms with Crippen LogP contribution in [0.25, 0.3) is 11.4 Å². The molecular formula is C16H18N6S. The Bertz CT molecular complexity index is 739. The zero-order valence-electron chi connectivity index (χ0n) is 12.7. The van der Waals surface area contributed by atoms with Crippen molar-refractivity contribution >= 4 is 16.7 Å². The third-order valence-corrected chi connectivity index (χ3v) is 4.93. The van der Waals surface area contributed by atoms with Crippen LogP contribution in [0.15, 0.2) is 43.0 Å².